The van der Waals surface area contributed by atoms with Crippen LogP contribution in [0.15, 0.2) is 55.0 Å². The van der Waals surface area contributed by atoms with E-state index in [-0.39, 0.29) is 11.9 Å². The molecular formula is C19H19N5O. The van der Waals surface area contributed by atoms with Crippen LogP contribution in [0.3, 0.4) is 0 Å². The van der Waals surface area contributed by atoms with Crippen LogP contribution in [-0.2, 0) is 0 Å². The summed E-state index contributed by atoms with van der Waals surface area (Å²) in [6, 6.07) is 12.0. The lowest BCUT2D eigenvalue weighted by molar-refractivity contribution is 0.0498. The number of benzene rings is 1. The second-order valence-corrected chi connectivity index (χ2v) is 6.90. The van der Waals surface area contributed by atoms with Gasteiger partial charge in [-0.1, -0.05) is 5.21 Å². The molecule has 25 heavy (non-hydrogen) atoms. The standard InChI is InChI=1S/C19H19N5O/c25-19(15-5-7-16(8-6-15)22-9-1-2-10-22)23-11-17(12-23)24-13-18(20-21-24)14-3-4-14/h1-2,5-10,13-14,17H,3-4,11-12H2. The Balaban J connectivity index is 1.23. The zero-order valence-corrected chi connectivity index (χ0v) is 13.8. The van der Waals surface area contributed by atoms with Crippen LogP contribution in [0, 0.1) is 0 Å². The minimum Gasteiger partial charge on any atom is -0.334 e. The molecule has 6 nitrogen and oxygen atoms in total. The molecule has 0 atom stereocenters. The molecule has 1 saturated heterocycles. The average molecular weight is 333 g/mol. The van der Waals surface area contributed by atoms with Crippen molar-refractivity contribution in [2.75, 3.05) is 13.1 Å². The summed E-state index contributed by atoms with van der Waals surface area (Å²) in [6.45, 7) is 1.40. The predicted octanol–water partition coefficient (Wildman–Crippen LogP) is 2.64. The van der Waals surface area contributed by atoms with Crippen molar-refractivity contribution in [2.24, 2.45) is 0 Å². The number of hydrogen-bond acceptors (Lipinski definition) is 3. The normalized spacial score (nSPS) is 17.5. The fourth-order valence-corrected chi connectivity index (χ4v) is 3.29. The Hall–Kier alpha value is -2.89. The van der Waals surface area contributed by atoms with Gasteiger partial charge in [0.15, 0.2) is 0 Å². The van der Waals surface area contributed by atoms with Crippen molar-refractivity contribution >= 4 is 5.91 Å². The molecule has 3 aromatic rings. The highest BCUT2D eigenvalue weighted by molar-refractivity contribution is 5.95. The van der Waals surface area contributed by atoms with Crippen LogP contribution in [0.2, 0.25) is 0 Å². The van der Waals surface area contributed by atoms with E-state index in [9.17, 15) is 4.79 Å². The van der Waals surface area contributed by atoms with Crippen molar-refractivity contribution in [3.8, 4) is 5.69 Å². The first-order chi connectivity index (χ1) is 12.3. The maximum atomic E-state index is 12.6. The van der Waals surface area contributed by atoms with Gasteiger partial charge in [0.05, 0.1) is 11.7 Å². The number of carbonyl (C=O) groups excluding carboxylic acids is 1. The highest BCUT2D eigenvalue weighted by Crippen LogP contribution is 2.39. The minimum absolute atomic E-state index is 0.0813. The molecule has 3 heterocycles. The van der Waals surface area contributed by atoms with Gasteiger partial charge in [-0.15, -0.1) is 5.10 Å². The van der Waals surface area contributed by atoms with Crippen molar-refractivity contribution in [3.63, 3.8) is 0 Å². The van der Waals surface area contributed by atoms with Crippen LogP contribution < -0.4 is 0 Å². The van der Waals surface area contributed by atoms with Gasteiger partial charge in [-0.3, -0.25) is 4.79 Å². The Kier molecular flexibility index (Phi) is 3.23. The van der Waals surface area contributed by atoms with Gasteiger partial charge in [0.1, 0.15) is 0 Å². The highest BCUT2D eigenvalue weighted by atomic mass is 16.2. The van der Waals surface area contributed by atoms with Crippen molar-refractivity contribution < 1.29 is 4.79 Å². The molecule has 1 aliphatic carbocycles. The van der Waals surface area contributed by atoms with E-state index in [1.165, 1.54) is 12.8 Å². The van der Waals surface area contributed by atoms with Crippen molar-refractivity contribution in [1.82, 2.24) is 24.5 Å². The van der Waals surface area contributed by atoms with E-state index < -0.39 is 0 Å². The quantitative estimate of drug-likeness (QED) is 0.737. The molecule has 1 aliphatic heterocycles. The van der Waals surface area contributed by atoms with Crippen LogP contribution in [0.1, 0.15) is 40.9 Å². The van der Waals surface area contributed by atoms with E-state index in [4.69, 9.17) is 0 Å². The Bertz CT molecular complexity index is 886. The molecule has 1 amide bonds. The number of carbonyl (C=O) groups is 1. The molecular weight excluding hydrogens is 314 g/mol. The largest absolute Gasteiger partial charge is 0.334 e. The molecule has 5 rings (SSSR count). The fourth-order valence-electron chi connectivity index (χ4n) is 3.29. The molecule has 1 aromatic carbocycles. The Morgan fingerprint density at radius 2 is 1.76 bits per heavy atom. The van der Waals surface area contributed by atoms with Gasteiger partial charge in [-0.05, 0) is 49.2 Å². The maximum absolute atomic E-state index is 12.6. The summed E-state index contributed by atoms with van der Waals surface area (Å²) in [5, 5.41) is 8.48. The van der Waals surface area contributed by atoms with Gasteiger partial charge in [-0.2, -0.15) is 0 Å². The summed E-state index contributed by atoms with van der Waals surface area (Å²) in [5.41, 5.74) is 2.88. The monoisotopic (exact) mass is 333 g/mol. The first-order valence-corrected chi connectivity index (χ1v) is 8.72. The number of nitrogens with zero attached hydrogens (tertiary/aromatic N) is 5. The first-order valence-electron chi connectivity index (χ1n) is 8.72. The first kappa shape index (κ1) is 14.5. The molecule has 0 N–H and O–H groups in total. The van der Waals surface area contributed by atoms with Gasteiger partial charge in [0, 0.05) is 48.8 Å². The van der Waals surface area contributed by atoms with E-state index in [0.29, 0.717) is 19.0 Å². The van der Waals surface area contributed by atoms with E-state index >= 15 is 0 Å². The van der Waals surface area contributed by atoms with Crippen LogP contribution in [0.4, 0.5) is 0 Å². The highest BCUT2D eigenvalue weighted by Gasteiger charge is 2.34. The molecule has 2 aromatic heterocycles. The summed E-state index contributed by atoms with van der Waals surface area (Å²) >= 11 is 0. The number of hydrogen-bond donors (Lipinski definition) is 0. The summed E-state index contributed by atoms with van der Waals surface area (Å²) in [7, 11) is 0. The molecule has 126 valence electrons. The molecule has 2 aliphatic rings. The van der Waals surface area contributed by atoms with E-state index in [2.05, 4.69) is 16.5 Å². The van der Waals surface area contributed by atoms with Crippen LogP contribution >= 0.6 is 0 Å². The van der Waals surface area contributed by atoms with Crippen molar-refractivity contribution in [3.05, 3.63) is 66.2 Å². The van der Waals surface area contributed by atoms with Gasteiger partial charge in [0.2, 0.25) is 0 Å². The number of amides is 1. The Morgan fingerprint density at radius 3 is 2.44 bits per heavy atom. The van der Waals surface area contributed by atoms with Gasteiger partial charge >= 0.3 is 0 Å². The molecule has 0 radical (unpaired) electrons. The van der Waals surface area contributed by atoms with Crippen molar-refractivity contribution in [1.29, 1.82) is 0 Å². The average Bonchev–Trinajstić information content (AvgIpc) is 3.10. The zero-order valence-electron chi connectivity index (χ0n) is 13.8. The van der Waals surface area contributed by atoms with E-state index in [1.807, 2.05) is 62.9 Å². The number of aromatic nitrogens is 4. The summed E-state index contributed by atoms with van der Waals surface area (Å²) in [4.78, 5) is 14.5. The van der Waals surface area contributed by atoms with Gasteiger partial charge in [0.25, 0.3) is 5.91 Å². The van der Waals surface area contributed by atoms with Crippen molar-refractivity contribution in [2.45, 2.75) is 24.8 Å². The van der Waals surface area contributed by atoms with Crippen LogP contribution in [0.5, 0.6) is 0 Å². The molecule has 0 spiro atoms. The predicted molar refractivity (Wildman–Crippen MR) is 92.7 cm³/mol. The molecule has 6 heteroatoms. The number of likely N-dealkylation sites (tertiary alicyclic amines) is 1. The minimum atomic E-state index is 0.0813. The lowest BCUT2D eigenvalue weighted by Crippen LogP contribution is -2.50. The summed E-state index contributed by atoms with van der Waals surface area (Å²) < 4.78 is 3.95. The molecule has 0 bridgehead atoms. The molecule has 2 fully saturated rings. The van der Waals surface area contributed by atoms with Crippen LogP contribution in [0.25, 0.3) is 5.69 Å². The van der Waals surface area contributed by atoms with Crippen LogP contribution in [-0.4, -0.2) is 43.5 Å². The summed E-state index contributed by atoms with van der Waals surface area (Å²) in [5.74, 6) is 0.697. The summed E-state index contributed by atoms with van der Waals surface area (Å²) in [6.07, 6.45) is 8.49. The Labute approximate surface area is 145 Å². The lowest BCUT2D eigenvalue weighted by Gasteiger charge is -2.38. The van der Waals surface area contributed by atoms with E-state index in [0.717, 1.165) is 16.9 Å². The lowest BCUT2D eigenvalue weighted by atomic mass is 10.1. The van der Waals surface area contributed by atoms with Gasteiger partial charge < -0.3 is 9.47 Å². The topological polar surface area (TPSA) is 56.0 Å². The SMILES string of the molecule is O=C(c1ccc(-n2cccc2)cc1)N1CC(n2cc(C3CC3)nn2)C1. The third kappa shape index (κ3) is 2.63. The molecule has 0 unspecified atom stereocenters. The fraction of sp³-hybridized carbons (Fsp3) is 0.316. The van der Waals surface area contributed by atoms with E-state index in [1.54, 1.807) is 0 Å². The Morgan fingerprint density at radius 1 is 1.04 bits per heavy atom. The number of rotatable bonds is 4. The maximum Gasteiger partial charge on any atom is 0.254 e. The third-order valence-corrected chi connectivity index (χ3v) is 5.06. The second-order valence-electron chi connectivity index (χ2n) is 6.90. The second kappa shape index (κ2) is 5.58. The zero-order chi connectivity index (χ0) is 16.8. The molecule has 1 saturated carbocycles. The van der Waals surface area contributed by atoms with Gasteiger partial charge in [-0.25, -0.2) is 4.68 Å². The smallest absolute Gasteiger partial charge is 0.254 e. The third-order valence-electron chi connectivity index (χ3n) is 5.06.